The van der Waals surface area contributed by atoms with E-state index in [2.05, 4.69) is 10.1 Å². The molecule has 1 aromatic carbocycles. The van der Waals surface area contributed by atoms with Crippen LogP contribution in [0.1, 0.15) is 26.3 Å². The Morgan fingerprint density at radius 1 is 1.24 bits per heavy atom. The van der Waals surface area contributed by atoms with E-state index in [4.69, 9.17) is 19.5 Å². The molecule has 224 valence electrons. The Kier molecular flexibility index (Phi) is 9.95. The van der Waals surface area contributed by atoms with Crippen LogP contribution in [-0.2, 0) is 35.4 Å². The van der Waals surface area contributed by atoms with Crippen LogP contribution in [0.5, 0.6) is 0 Å². The van der Waals surface area contributed by atoms with Crippen molar-refractivity contribution in [2.24, 2.45) is 5.41 Å². The number of anilines is 1. The second kappa shape index (κ2) is 12.9. The van der Waals surface area contributed by atoms with Crippen LogP contribution in [0.2, 0.25) is 0 Å². The molecule has 0 spiro atoms. The summed E-state index contributed by atoms with van der Waals surface area (Å²) >= 11 is 0.964. The number of thioether (sulfide) groups is 1. The lowest BCUT2D eigenvalue weighted by atomic mass is 9.97. The Morgan fingerprint density at radius 3 is 2.68 bits per heavy atom. The summed E-state index contributed by atoms with van der Waals surface area (Å²) in [5, 5.41) is 34.5. The van der Waals surface area contributed by atoms with Crippen LogP contribution in [-0.4, -0.2) is 73.9 Å². The van der Waals surface area contributed by atoms with Crippen molar-refractivity contribution in [3.63, 3.8) is 0 Å². The summed E-state index contributed by atoms with van der Waals surface area (Å²) < 4.78 is 32.8. The number of aromatic nitrogens is 2. The molecule has 0 radical (unpaired) electrons. The molecule has 3 aromatic rings. The first kappa shape index (κ1) is 31.6. The highest BCUT2D eigenvalue weighted by Crippen LogP contribution is 2.46. The molecule has 14 heteroatoms. The van der Waals surface area contributed by atoms with Crippen molar-refractivity contribution in [1.82, 2.24) is 14.6 Å². The molecule has 6 N–H and O–H groups in total. The van der Waals surface area contributed by atoms with Gasteiger partial charge in [-0.25, -0.2) is 14.6 Å². The average molecular weight is 609 g/mol. The molecule has 0 amide bonds. The van der Waals surface area contributed by atoms with E-state index in [1.165, 1.54) is 0 Å². The number of carbonyl (C=O) groups excluding carboxylic acids is 1. The monoisotopic (exact) mass is 608 g/mol. The van der Waals surface area contributed by atoms with Gasteiger partial charge >= 0.3 is 7.75 Å². The Balaban J connectivity index is 1.44. The highest BCUT2D eigenvalue weighted by Gasteiger charge is 2.53. The number of hydrogen-bond donors (Lipinski definition) is 5. The van der Waals surface area contributed by atoms with E-state index < -0.39 is 37.2 Å². The average Bonchev–Trinajstić information content (AvgIpc) is 3.50. The molecular weight excluding hydrogens is 571 g/mol. The van der Waals surface area contributed by atoms with E-state index in [1.807, 2.05) is 30.3 Å². The Hall–Kier alpha value is -2.32. The van der Waals surface area contributed by atoms with E-state index >= 15 is 0 Å². The largest absolute Gasteiger partial charge is 0.405 e. The van der Waals surface area contributed by atoms with Crippen LogP contribution in [0.25, 0.3) is 11.0 Å². The molecule has 1 fully saturated rings. The Labute approximate surface area is 242 Å². The van der Waals surface area contributed by atoms with Crippen molar-refractivity contribution >= 4 is 41.3 Å². The van der Waals surface area contributed by atoms with E-state index in [0.717, 1.165) is 17.3 Å². The first-order valence-corrected chi connectivity index (χ1v) is 15.7. The van der Waals surface area contributed by atoms with Gasteiger partial charge in [-0.05, 0) is 38.5 Å². The molecule has 0 saturated carbocycles. The number of nitrogens with two attached hydrogens (primary N) is 1. The van der Waals surface area contributed by atoms with Crippen LogP contribution in [0.4, 0.5) is 5.69 Å². The van der Waals surface area contributed by atoms with E-state index in [-0.39, 0.29) is 37.2 Å². The number of nitrogens with one attached hydrogen (secondary N) is 1. The predicted octanol–water partition coefficient (Wildman–Crippen LogP) is 2.62. The Bertz CT molecular complexity index is 1390. The van der Waals surface area contributed by atoms with E-state index in [9.17, 15) is 24.7 Å². The molecule has 41 heavy (non-hydrogen) atoms. The summed E-state index contributed by atoms with van der Waals surface area (Å²) in [5.41, 5.74) is 5.53. The lowest BCUT2D eigenvalue weighted by Gasteiger charge is -2.30. The van der Waals surface area contributed by atoms with E-state index in [0.29, 0.717) is 16.7 Å². The van der Waals surface area contributed by atoms with Crippen LogP contribution in [0, 0.1) is 5.41 Å². The van der Waals surface area contributed by atoms with Crippen LogP contribution in [0.15, 0.2) is 54.9 Å². The molecule has 1 saturated heterocycles. The fourth-order valence-corrected chi connectivity index (χ4v) is 6.59. The topological polar surface area (TPSA) is 178 Å². The first-order chi connectivity index (χ1) is 19.4. The zero-order chi connectivity index (χ0) is 29.8. The fourth-order valence-electron chi connectivity index (χ4n) is 4.35. The first-order valence-electron chi connectivity index (χ1n) is 13.1. The van der Waals surface area contributed by atoms with Gasteiger partial charge in [0.1, 0.15) is 24.0 Å². The van der Waals surface area contributed by atoms with Crippen molar-refractivity contribution in [3.8, 4) is 0 Å². The number of carbonyl (C=O) groups is 1. The lowest BCUT2D eigenvalue weighted by molar-refractivity contribution is -0.131. The van der Waals surface area contributed by atoms with Crippen LogP contribution in [0.3, 0.4) is 0 Å². The maximum Gasteiger partial charge on any atom is 0.405 e. The maximum absolute atomic E-state index is 13.7. The SMILES string of the molecule is CC(C)(CO)C(=O)SCCOP(=O)(NCc1ccccc1)OC[C@H]1O[C@](C)(n2ccc3c(N)ccnc32)C(O)[C@H]1O. The van der Waals surface area contributed by atoms with Gasteiger partial charge < -0.3 is 30.4 Å². The summed E-state index contributed by atoms with van der Waals surface area (Å²) in [7, 11) is -3.97. The summed E-state index contributed by atoms with van der Waals surface area (Å²) in [5.74, 6) is 0.179. The van der Waals surface area contributed by atoms with Crippen molar-refractivity contribution in [1.29, 1.82) is 0 Å². The number of nitrogens with zero attached hydrogens (tertiary/aromatic N) is 2. The summed E-state index contributed by atoms with van der Waals surface area (Å²) in [6, 6.07) is 12.6. The van der Waals surface area contributed by atoms with E-state index in [1.54, 1.807) is 49.9 Å². The number of ether oxygens (including phenoxy) is 1. The summed E-state index contributed by atoms with van der Waals surface area (Å²) in [6.45, 7) is 4.29. The molecule has 0 bridgehead atoms. The molecule has 0 aliphatic carbocycles. The van der Waals surface area contributed by atoms with Crippen molar-refractivity contribution in [3.05, 3.63) is 60.4 Å². The minimum Gasteiger partial charge on any atom is -0.398 e. The second-order valence-corrected chi connectivity index (χ2v) is 13.5. The number of rotatable bonds is 13. The third-order valence-corrected chi connectivity index (χ3v) is 9.74. The predicted molar refractivity (Wildman–Crippen MR) is 156 cm³/mol. The summed E-state index contributed by atoms with van der Waals surface area (Å²) in [4.78, 5) is 16.7. The number of pyridine rings is 1. The number of benzene rings is 1. The molecule has 1 aliphatic rings. The minimum absolute atomic E-state index is 0.0894. The number of nitrogen functional groups attached to an aromatic ring is 1. The standard InChI is InChI=1S/C27H37N4O8PS/c1-26(2,17-32)25(35)41-14-13-37-40(36,30-15-18-7-5-4-6-8-18)38-16-21-22(33)23(34)27(3,39-21)31-12-10-19-20(28)9-11-29-24(19)31/h4-12,21-23,32-34H,13-17H2,1-3H3,(H2,28,29)(H,30,36)/t21-,22+,23?,27+,40?/m1/s1. The van der Waals surface area contributed by atoms with Gasteiger partial charge in [-0.15, -0.1) is 0 Å². The number of fused-ring (bicyclic) bond motifs is 1. The van der Waals surface area contributed by atoms with Gasteiger partial charge in [0.05, 0.1) is 25.2 Å². The van der Waals surface area contributed by atoms with Crippen LogP contribution < -0.4 is 10.8 Å². The van der Waals surface area contributed by atoms with Crippen LogP contribution >= 0.6 is 19.5 Å². The highest BCUT2D eigenvalue weighted by molar-refractivity contribution is 8.13. The van der Waals surface area contributed by atoms with Gasteiger partial charge in [-0.3, -0.25) is 13.8 Å². The minimum atomic E-state index is -3.97. The van der Waals surface area contributed by atoms with Gasteiger partial charge in [-0.1, -0.05) is 42.1 Å². The molecule has 4 rings (SSSR count). The molecule has 2 aromatic heterocycles. The van der Waals surface area contributed by atoms with Gasteiger partial charge in [0.2, 0.25) is 0 Å². The van der Waals surface area contributed by atoms with Crippen molar-refractivity contribution in [2.75, 3.05) is 31.3 Å². The number of aliphatic hydroxyl groups excluding tert-OH is 3. The van der Waals surface area contributed by atoms with Gasteiger partial charge in [0.15, 0.2) is 10.8 Å². The zero-order valence-corrected chi connectivity index (χ0v) is 24.9. The van der Waals surface area contributed by atoms with Gasteiger partial charge in [0, 0.05) is 35.8 Å². The normalized spacial score (nSPS) is 24.5. The molecule has 3 heterocycles. The third-order valence-electron chi connectivity index (χ3n) is 7.00. The van der Waals surface area contributed by atoms with Gasteiger partial charge in [0.25, 0.3) is 0 Å². The zero-order valence-electron chi connectivity index (χ0n) is 23.2. The molecular formula is C27H37N4O8PS. The molecule has 5 atom stereocenters. The lowest BCUT2D eigenvalue weighted by Crippen LogP contribution is -2.43. The third kappa shape index (κ3) is 7.02. The molecule has 1 aliphatic heterocycles. The molecule has 2 unspecified atom stereocenters. The molecule has 12 nitrogen and oxygen atoms in total. The summed E-state index contributed by atoms with van der Waals surface area (Å²) in [6.07, 6.45) is -0.608. The van der Waals surface area contributed by atoms with Crippen molar-refractivity contribution in [2.45, 2.75) is 51.4 Å². The fraction of sp³-hybridized carbons (Fsp3) is 0.481. The van der Waals surface area contributed by atoms with Gasteiger partial charge in [-0.2, -0.15) is 0 Å². The second-order valence-electron chi connectivity index (χ2n) is 10.6. The maximum atomic E-state index is 13.7. The number of aliphatic hydroxyl groups is 3. The van der Waals surface area contributed by atoms with Crippen molar-refractivity contribution < 1.29 is 38.5 Å². The number of hydrogen-bond acceptors (Lipinski definition) is 11. The quantitative estimate of drug-likeness (QED) is 0.142. The smallest absolute Gasteiger partial charge is 0.398 e. The Morgan fingerprint density at radius 2 is 1.98 bits per heavy atom. The highest BCUT2D eigenvalue weighted by atomic mass is 32.2.